The first-order valence-electron chi connectivity index (χ1n) is 7.28. The third kappa shape index (κ3) is 4.22. The first-order chi connectivity index (χ1) is 8.97. The van der Waals surface area contributed by atoms with E-state index in [0.29, 0.717) is 5.92 Å². The molecule has 19 heavy (non-hydrogen) atoms. The summed E-state index contributed by atoms with van der Waals surface area (Å²) in [5, 5.41) is 0. The molecule has 1 atom stereocenters. The van der Waals surface area contributed by atoms with Crippen LogP contribution >= 0.6 is 15.9 Å². The quantitative estimate of drug-likeness (QED) is 0.858. The van der Waals surface area contributed by atoms with Crippen molar-refractivity contribution in [3.63, 3.8) is 0 Å². The summed E-state index contributed by atoms with van der Waals surface area (Å²) >= 11 is 3.61. The predicted octanol–water partition coefficient (Wildman–Crippen LogP) is 3.96. The topological polar surface area (TPSA) is 29.3 Å². The van der Waals surface area contributed by atoms with Gasteiger partial charge in [0.25, 0.3) is 0 Å². The van der Waals surface area contributed by atoms with Crippen LogP contribution in [0.3, 0.4) is 0 Å². The zero-order chi connectivity index (χ0) is 14.0. The average Bonchev–Trinajstić information content (AvgIpc) is 3.11. The van der Waals surface area contributed by atoms with E-state index in [1.54, 1.807) is 0 Å². The van der Waals surface area contributed by atoms with Crippen LogP contribution in [0.1, 0.15) is 39.2 Å². The van der Waals surface area contributed by atoms with E-state index < -0.39 is 0 Å². The van der Waals surface area contributed by atoms with Gasteiger partial charge in [-0.05, 0) is 49.8 Å². The molecule has 0 aromatic heterocycles. The van der Waals surface area contributed by atoms with Crippen LogP contribution in [0.25, 0.3) is 0 Å². The molecule has 1 unspecified atom stereocenters. The van der Waals surface area contributed by atoms with Crippen LogP contribution in [0, 0.1) is 5.92 Å². The van der Waals surface area contributed by atoms with E-state index in [1.807, 2.05) is 0 Å². The summed E-state index contributed by atoms with van der Waals surface area (Å²) in [4.78, 5) is 2.59. The third-order valence-corrected chi connectivity index (χ3v) is 3.94. The Morgan fingerprint density at radius 1 is 1.32 bits per heavy atom. The van der Waals surface area contributed by atoms with Crippen molar-refractivity contribution in [1.82, 2.24) is 0 Å². The summed E-state index contributed by atoms with van der Waals surface area (Å²) in [5.41, 5.74) is 8.75. The van der Waals surface area contributed by atoms with E-state index >= 15 is 0 Å². The standard InChI is InChI=1S/C16H25BrN2/c1-11(2)10-19(15-6-7-15)16-9-14(17)5-4-13(16)8-12(3)18/h4-5,9,11-12,15H,6-8,10,18H2,1-3H3. The maximum Gasteiger partial charge on any atom is 0.0413 e. The largest absolute Gasteiger partial charge is 0.368 e. The van der Waals surface area contributed by atoms with Gasteiger partial charge in [0.1, 0.15) is 0 Å². The van der Waals surface area contributed by atoms with Gasteiger partial charge in [0, 0.05) is 28.8 Å². The number of hydrogen-bond donors (Lipinski definition) is 1. The van der Waals surface area contributed by atoms with E-state index in [1.165, 1.54) is 24.1 Å². The molecule has 1 aliphatic rings. The second kappa shape index (κ2) is 6.27. The number of halogens is 1. The summed E-state index contributed by atoms with van der Waals surface area (Å²) in [6.07, 6.45) is 3.61. The van der Waals surface area contributed by atoms with Crippen molar-refractivity contribution in [3.8, 4) is 0 Å². The molecule has 0 aliphatic heterocycles. The van der Waals surface area contributed by atoms with Gasteiger partial charge in [0.15, 0.2) is 0 Å². The minimum absolute atomic E-state index is 0.208. The minimum Gasteiger partial charge on any atom is -0.368 e. The molecule has 0 amide bonds. The lowest BCUT2D eigenvalue weighted by atomic mass is 10.0. The fourth-order valence-corrected chi connectivity index (χ4v) is 2.90. The Labute approximate surface area is 125 Å². The van der Waals surface area contributed by atoms with E-state index in [2.05, 4.69) is 59.8 Å². The Morgan fingerprint density at radius 3 is 2.53 bits per heavy atom. The Balaban J connectivity index is 2.30. The van der Waals surface area contributed by atoms with Crippen molar-refractivity contribution in [2.75, 3.05) is 11.4 Å². The fraction of sp³-hybridized carbons (Fsp3) is 0.625. The maximum atomic E-state index is 5.99. The SMILES string of the molecule is CC(C)CN(c1cc(Br)ccc1CC(C)N)C1CC1. The molecule has 0 radical (unpaired) electrons. The van der Waals surface area contributed by atoms with E-state index in [0.717, 1.165) is 23.5 Å². The number of anilines is 1. The van der Waals surface area contributed by atoms with E-state index in [4.69, 9.17) is 5.73 Å². The highest BCUT2D eigenvalue weighted by atomic mass is 79.9. The molecule has 0 saturated heterocycles. The summed E-state index contributed by atoms with van der Waals surface area (Å²) < 4.78 is 1.16. The lowest BCUT2D eigenvalue weighted by molar-refractivity contribution is 0.604. The molecule has 1 aliphatic carbocycles. The Kier molecular flexibility index (Phi) is 4.91. The summed E-state index contributed by atoms with van der Waals surface area (Å²) in [6, 6.07) is 7.56. The monoisotopic (exact) mass is 324 g/mol. The van der Waals surface area contributed by atoms with Crippen molar-refractivity contribution in [2.45, 2.75) is 52.1 Å². The summed E-state index contributed by atoms with van der Waals surface area (Å²) in [7, 11) is 0. The highest BCUT2D eigenvalue weighted by Crippen LogP contribution is 2.36. The Hall–Kier alpha value is -0.540. The minimum atomic E-state index is 0.208. The number of nitrogens with two attached hydrogens (primary N) is 1. The van der Waals surface area contributed by atoms with Crippen molar-refractivity contribution in [2.24, 2.45) is 11.7 Å². The van der Waals surface area contributed by atoms with Crippen molar-refractivity contribution in [3.05, 3.63) is 28.2 Å². The van der Waals surface area contributed by atoms with Gasteiger partial charge in [0.2, 0.25) is 0 Å². The number of rotatable bonds is 6. The molecule has 0 heterocycles. The molecule has 1 aromatic carbocycles. The smallest absolute Gasteiger partial charge is 0.0413 e. The van der Waals surface area contributed by atoms with Crippen LogP contribution in [0.5, 0.6) is 0 Å². The first-order valence-corrected chi connectivity index (χ1v) is 8.07. The fourth-order valence-electron chi connectivity index (χ4n) is 2.55. The molecule has 2 nitrogen and oxygen atoms in total. The first kappa shape index (κ1) is 14.9. The van der Waals surface area contributed by atoms with Crippen LogP contribution in [0.2, 0.25) is 0 Å². The van der Waals surface area contributed by atoms with Gasteiger partial charge < -0.3 is 10.6 Å². The normalized spacial score (nSPS) is 16.7. The van der Waals surface area contributed by atoms with Crippen molar-refractivity contribution >= 4 is 21.6 Å². The molecule has 2 rings (SSSR count). The second-order valence-corrected chi connectivity index (χ2v) is 7.15. The molecule has 1 aromatic rings. The molecule has 2 N–H and O–H groups in total. The number of nitrogens with zero attached hydrogens (tertiary/aromatic N) is 1. The van der Waals surface area contributed by atoms with Gasteiger partial charge in [-0.3, -0.25) is 0 Å². The van der Waals surface area contributed by atoms with Gasteiger partial charge in [-0.15, -0.1) is 0 Å². The molecule has 0 spiro atoms. The van der Waals surface area contributed by atoms with Crippen LogP contribution in [-0.4, -0.2) is 18.6 Å². The van der Waals surface area contributed by atoms with Crippen LogP contribution in [0.4, 0.5) is 5.69 Å². The lowest BCUT2D eigenvalue weighted by Crippen LogP contribution is -2.31. The third-order valence-electron chi connectivity index (χ3n) is 3.45. The molecular formula is C16H25BrN2. The maximum absolute atomic E-state index is 5.99. The highest BCUT2D eigenvalue weighted by Gasteiger charge is 2.30. The Bertz CT molecular complexity index is 425. The number of hydrogen-bond acceptors (Lipinski definition) is 2. The Morgan fingerprint density at radius 2 is 2.00 bits per heavy atom. The molecular weight excluding hydrogens is 300 g/mol. The zero-order valence-corrected chi connectivity index (χ0v) is 13.8. The average molecular weight is 325 g/mol. The molecule has 0 bridgehead atoms. The van der Waals surface area contributed by atoms with Gasteiger partial charge in [-0.1, -0.05) is 35.8 Å². The summed E-state index contributed by atoms with van der Waals surface area (Å²) in [6.45, 7) is 7.79. The van der Waals surface area contributed by atoms with Gasteiger partial charge >= 0.3 is 0 Å². The second-order valence-electron chi connectivity index (χ2n) is 6.23. The molecule has 3 heteroatoms. The highest BCUT2D eigenvalue weighted by molar-refractivity contribution is 9.10. The zero-order valence-electron chi connectivity index (χ0n) is 12.2. The van der Waals surface area contributed by atoms with Gasteiger partial charge in [-0.2, -0.15) is 0 Å². The van der Waals surface area contributed by atoms with Gasteiger partial charge in [-0.25, -0.2) is 0 Å². The lowest BCUT2D eigenvalue weighted by Gasteiger charge is -2.29. The number of benzene rings is 1. The molecule has 1 saturated carbocycles. The molecule has 1 fully saturated rings. The molecule has 106 valence electrons. The predicted molar refractivity (Wildman–Crippen MR) is 86.7 cm³/mol. The van der Waals surface area contributed by atoms with Crippen LogP contribution < -0.4 is 10.6 Å². The van der Waals surface area contributed by atoms with Gasteiger partial charge in [0.05, 0.1) is 0 Å². The summed E-state index contributed by atoms with van der Waals surface area (Å²) in [5.74, 6) is 0.683. The van der Waals surface area contributed by atoms with Crippen molar-refractivity contribution < 1.29 is 0 Å². The van der Waals surface area contributed by atoms with Crippen LogP contribution in [0.15, 0.2) is 22.7 Å². The van der Waals surface area contributed by atoms with E-state index in [9.17, 15) is 0 Å². The van der Waals surface area contributed by atoms with Crippen molar-refractivity contribution in [1.29, 1.82) is 0 Å². The van der Waals surface area contributed by atoms with Crippen LogP contribution in [-0.2, 0) is 6.42 Å². The van der Waals surface area contributed by atoms with E-state index in [-0.39, 0.29) is 6.04 Å².